The Balaban J connectivity index is 2.28. The Morgan fingerprint density at radius 2 is 1.90 bits per heavy atom. The first-order valence-electron chi connectivity index (χ1n) is 6.47. The lowest BCUT2D eigenvalue weighted by Crippen LogP contribution is -2.07. The molecular formula is C16H19NO2S. The highest BCUT2D eigenvalue weighted by Gasteiger charge is 2.11. The highest BCUT2D eigenvalue weighted by molar-refractivity contribution is 7.84. The lowest BCUT2D eigenvalue weighted by molar-refractivity contribution is 0.411. The van der Waals surface area contributed by atoms with Crippen molar-refractivity contribution in [2.45, 2.75) is 23.6 Å². The molecule has 3 nitrogen and oxygen atoms in total. The Morgan fingerprint density at radius 3 is 2.50 bits per heavy atom. The molecule has 0 spiro atoms. The quantitative estimate of drug-likeness (QED) is 0.920. The first-order chi connectivity index (χ1) is 9.61. The van der Waals surface area contributed by atoms with Crippen LogP contribution in [0.2, 0.25) is 0 Å². The molecule has 4 heteroatoms. The summed E-state index contributed by atoms with van der Waals surface area (Å²) in [5.41, 5.74) is 7.84. The number of ether oxygens (including phenoxy) is 1. The minimum absolute atomic E-state index is 0.0511. The minimum atomic E-state index is -1.09. The number of benzene rings is 2. The number of hydrogen-bond donors (Lipinski definition) is 1. The Bertz CT molecular complexity index is 597. The van der Waals surface area contributed by atoms with Crippen LogP contribution in [0, 0.1) is 0 Å². The minimum Gasteiger partial charge on any atom is -0.496 e. The third-order valence-electron chi connectivity index (χ3n) is 3.12. The van der Waals surface area contributed by atoms with Crippen LogP contribution in [0.1, 0.15) is 24.1 Å². The summed E-state index contributed by atoms with van der Waals surface area (Å²) in [5, 5.41) is 0. The molecule has 2 aromatic rings. The van der Waals surface area contributed by atoms with E-state index in [1.165, 1.54) is 0 Å². The van der Waals surface area contributed by atoms with E-state index in [0.29, 0.717) is 5.75 Å². The van der Waals surface area contributed by atoms with E-state index in [1.807, 2.05) is 55.5 Å². The fourth-order valence-electron chi connectivity index (χ4n) is 1.99. The van der Waals surface area contributed by atoms with Crippen molar-refractivity contribution in [3.63, 3.8) is 0 Å². The largest absolute Gasteiger partial charge is 0.496 e. The van der Waals surface area contributed by atoms with Crippen molar-refractivity contribution in [1.29, 1.82) is 0 Å². The Hall–Kier alpha value is -1.65. The molecule has 106 valence electrons. The molecular weight excluding hydrogens is 270 g/mol. The maximum atomic E-state index is 12.4. The van der Waals surface area contributed by atoms with E-state index >= 15 is 0 Å². The molecule has 2 atom stereocenters. The molecule has 0 radical (unpaired) electrons. The number of nitrogens with two attached hydrogens (primary N) is 1. The van der Waals surface area contributed by atoms with Crippen molar-refractivity contribution >= 4 is 10.8 Å². The van der Waals surface area contributed by atoms with Crippen LogP contribution >= 0.6 is 0 Å². The first kappa shape index (κ1) is 14.8. The average molecular weight is 289 g/mol. The molecule has 2 unspecified atom stereocenters. The molecule has 0 aromatic heterocycles. The van der Waals surface area contributed by atoms with Gasteiger partial charge in [0.2, 0.25) is 0 Å². The van der Waals surface area contributed by atoms with Crippen molar-refractivity contribution in [2.75, 3.05) is 7.11 Å². The van der Waals surface area contributed by atoms with Gasteiger partial charge in [0, 0.05) is 16.5 Å². The zero-order chi connectivity index (χ0) is 14.5. The summed E-state index contributed by atoms with van der Waals surface area (Å²) in [4.78, 5) is 0.820. The van der Waals surface area contributed by atoms with Gasteiger partial charge in [-0.2, -0.15) is 0 Å². The maximum Gasteiger partial charge on any atom is 0.123 e. The highest BCUT2D eigenvalue weighted by atomic mass is 32.2. The lowest BCUT2D eigenvalue weighted by Gasteiger charge is -2.12. The van der Waals surface area contributed by atoms with Gasteiger partial charge in [-0.1, -0.05) is 24.3 Å². The second kappa shape index (κ2) is 6.68. The van der Waals surface area contributed by atoms with E-state index in [0.717, 1.165) is 21.8 Å². The van der Waals surface area contributed by atoms with Crippen LogP contribution in [-0.2, 0) is 16.6 Å². The Morgan fingerprint density at radius 1 is 1.20 bits per heavy atom. The normalized spacial score (nSPS) is 13.8. The van der Waals surface area contributed by atoms with Gasteiger partial charge >= 0.3 is 0 Å². The molecule has 0 fully saturated rings. The summed E-state index contributed by atoms with van der Waals surface area (Å²) in [7, 11) is 0.532. The number of rotatable bonds is 5. The van der Waals surface area contributed by atoms with Gasteiger partial charge in [-0.3, -0.25) is 4.21 Å². The fraction of sp³-hybridized carbons (Fsp3) is 0.250. The summed E-state index contributed by atoms with van der Waals surface area (Å²) in [5.74, 6) is 1.17. The summed E-state index contributed by atoms with van der Waals surface area (Å²) in [6, 6.07) is 15.2. The Labute approximate surface area is 122 Å². The maximum absolute atomic E-state index is 12.4. The molecule has 0 heterocycles. The molecule has 0 amide bonds. The van der Waals surface area contributed by atoms with Crippen LogP contribution in [0.3, 0.4) is 0 Å². The van der Waals surface area contributed by atoms with Gasteiger partial charge in [0.05, 0.1) is 23.7 Å². The average Bonchev–Trinajstić information content (AvgIpc) is 2.48. The summed E-state index contributed by atoms with van der Waals surface area (Å²) in [6.45, 7) is 1.93. The first-order valence-corrected chi connectivity index (χ1v) is 7.79. The number of hydrogen-bond acceptors (Lipinski definition) is 3. The van der Waals surface area contributed by atoms with Crippen molar-refractivity contribution in [2.24, 2.45) is 5.73 Å². The van der Waals surface area contributed by atoms with E-state index in [2.05, 4.69) is 0 Å². The molecule has 2 aromatic carbocycles. The van der Waals surface area contributed by atoms with Crippen LogP contribution in [0.15, 0.2) is 53.4 Å². The van der Waals surface area contributed by atoms with Gasteiger partial charge in [-0.25, -0.2) is 0 Å². The van der Waals surface area contributed by atoms with E-state index in [-0.39, 0.29) is 6.04 Å². The van der Waals surface area contributed by atoms with Crippen molar-refractivity contribution in [3.05, 3.63) is 59.7 Å². The van der Waals surface area contributed by atoms with Gasteiger partial charge in [0.1, 0.15) is 5.75 Å². The van der Waals surface area contributed by atoms with Crippen LogP contribution in [0.4, 0.5) is 0 Å². The zero-order valence-corrected chi connectivity index (χ0v) is 12.5. The second-order valence-corrected chi connectivity index (χ2v) is 6.11. The number of methoxy groups -OCH3 is 1. The van der Waals surface area contributed by atoms with Gasteiger partial charge in [-0.15, -0.1) is 0 Å². The zero-order valence-electron chi connectivity index (χ0n) is 11.7. The van der Waals surface area contributed by atoms with E-state index in [9.17, 15) is 4.21 Å². The van der Waals surface area contributed by atoms with Crippen LogP contribution in [-0.4, -0.2) is 11.3 Å². The van der Waals surface area contributed by atoms with Gasteiger partial charge in [-0.05, 0) is 36.8 Å². The smallest absolute Gasteiger partial charge is 0.123 e. The van der Waals surface area contributed by atoms with Gasteiger partial charge in [0.25, 0.3) is 0 Å². The predicted octanol–water partition coefficient (Wildman–Crippen LogP) is 3.02. The van der Waals surface area contributed by atoms with Crippen LogP contribution in [0.25, 0.3) is 0 Å². The van der Waals surface area contributed by atoms with Gasteiger partial charge < -0.3 is 10.5 Å². The summed E-state index contributed by atoms with van der Waals surface area (Å²) in [6.07, 6.45) is 0. The molecule has 2 N–H and O–H groups in total. The second-order valence-electron chi connectivity index (χ2n) is 4.66. The molecule has 0 saturated heterocycles. The predicted molar refractivity (Wildman–Crippen MR) is 82.2 cm³/mol. The lowest BCUT2D eigenvalue weighted by atomic mass is 10.1. The van der Waals surface area contributed by atoms with Crippen molar-refractivity contribution < 1.29 is 8.95 Å². The molecule has 0 aliphatic heterocycles. The van der Waals surface area contributed by atoms with E-state index in [1.54, 1.807) is 7.11 Å². The monoisotopic (exact) mass is 289 g/mol. The molecule has 0 aliphatic carbocycles. The Kier molecular flexibility index (Phi) is 4.93. The molecule has 0 bridgehead atoms. The molecule has 20 heavy (non-hydrogen) atoms. The van der Waals surface area contributed by atoms with Crippen LogP contribution < -0.4 is 10.5 Å². The molecule has 0 saturated carbocycles. The fourth-order valence-corrected chi connectivity index (χ4v) is 3.13. The van der Waals surface area contributed by atoms with Crippen LogP contribution in [0.5, 0.6) is 5.75 Å². The van der Waals surface area contributed by atoms with Crippen molar-refractivity contribution in [3.8, 4) is 5.75 Å². The summed E-state index contributed by atoms with van der Waals surface area (Å²) < 4.78 is 17.7. The van der Waals surface area contributed by atoms with E-state index < -0.39 is 10.8 Å². The molecule has 2 rings (SSSR count). The highest BCUT2D eigenvalue weighted by Crippen LogP contribution is 2.25. The standard InChI is InChI=1S/C16H19NO2S/c1-12(17)13-8-9-16(19-2)14(10-13)11-20(18)15-6-4-3-5-7-15/h3-10,12H,11,17H2,1-2H3. The summed E-state index contributed by atoms with van der Waals surface area (Å²) >= 11 is 0. The van der Waals surface area contributed by atoms with E-state index in [4.69, 9.17) is 10.5 Å². The van der Waals surface area contributed by atoms with Gasteiger partial charge in [0.15, 0.2) is 0 Å². The SMILES string of the molecule is COc1ccc(C(C)N)cc1CS(=O)c1ccccc1. The third kappa shape index (κ3) is 3.46. The topological polar surface area (TPSA) is 52.3 Å². The third-order valence-corrected chi connectivity index (χ3v) is 4.49. The van der Waals surface area contributed by atoms with Crippen molar-refractivity contribution in [1.82, 2.24) is 0 Å². The molecule has 0 aliphatic rings.